The lowest BCUT2D eigenvalue weighted by atomic mass is 9.60. The van der Waals surface area contributed by atoms with Gasteiger partial charge in [0.2, 0.25) is 0 Å². The van der Waals surface area contributed by atoms with Crippen molar-refractivity contribution in [3.8, 4) is 0 Å². The third-order valence-corrected chi connectivity index (χ3v) is 8.40. The summed E-state index contributed by atoms with van der Waals surface area (Å²) < 4.78 is 0. The van der Waals surface area contributed by atoms with Crippen LogP contribution < -0.4 is 0 Å². The summed E-state index contributed by atoms with van der Waals surface area (Å²) in [5, 5.41) is 1.81. The molecule has 0 fully saturated rings. The van der Waals surface area contributed by atoms with Crippen LogP contribution in [0.4, 0.5) is 0 Å². The SMILES string of the molecule is CC1=C(C)C(C)(C2(C)C=CC=CC2)C([SiH2]C(C)C)=C1C. The van der Waals surface area contributed by atoms with Gasteiger partial charge in [0.25, 0.3) is 0 Å². The zero-order valence-electron chi connectivity index (χ0n) is 14.3. The Morgan fingerprint density at radius 3 is 2.20 bits per heavy atom. The second-order valence-electron chi connectivity index (χ2n) is 7.49. The van der Waals surface area contributed by atoms with Crippen molar-refractivity contribution in [1.29, 1.82) is 0 Å². The molecule has 0 aromatic carbocycles. The second-order valence-corrected chi connectivity index (χ2v) is 10.2. The zero-order chi connectivity index (χ0) is 15.1. The van der Waals surface area contributed by atoms with E-state index < -0.39 is 0 Å². The molecule has 0 N–H and O–H groups in total. The molecule has 110 valence electrons. The Labute approximate surface area is 127 Å². The quantitative estimate of drug-likeness (QED) is 0.630. The molecule has 2 aliphatic carbocycles. The molecule has 0 aromatic heterocycles. The van der Waals surface area contributed by atoms with Gasteiger partial charge in [-0.25, -0.2) is 0 Å². The molecule has 2 aliphatic rings. The highest BCUT2D eigenvalue weighted by atomic mass is 28.2. The Bertz CT molecular complexity index is 530. The van der Waals surface area contributed by atoms with Crippen molar-refractivity contribution in [3.05, 3.63) is 46.2 Å². The first-order valence-electron chi connectivity index (χ1n) is 7.97. The number of hydrogen-bond acceptors (Lipinski definition) is 0. The molecule has 0 spiro atoms. The van der Waals surface area contributed by atoms with Crippen molar-refractivity contribution in [2.75, 3.05) is 0 Å². The second kappa shape index (κ2) is 5.18. The van der Waals surface area contributed by atoms with Crippen LogP contribution >= 0.6 is 0 Å². The first kappa shape index (κ1) is 15.6. The van der Waals surface area contributed by atoms with Crippen LogP contribution in [0.1, 0.15) is 54.9 Å². The topological polar surface area (TPSA) is 0 Å². The summed E-state index contributed by atoms with van der Waals surface area (Å²) in [6.45, 7) is 16.8. The predicted octanol–water partition coefficient (Wildman–Crippen LogP) is 5.14. The van der Waals surface area contributed by atoms with E-state index in [0.29, 0.717) is 0 Å². The van der Waals surface area contributed by atoms with Crippen LogP contribution in [-0.4, -0.2) is 9.52 Å². The predicted molar refractivity (Wildman–Crippen MR) is 93.8 cm³/mol. The molecule has 0 aromatic rings. The molecule has 0 radical (unpaired) electrons. The minimum atomic E-state index is -0.195. The number of allylic oxidation sites excluding steroid dienone is 8. The van der Waals surface area contributed by atoms with Gasteiger partial charge in [-0.3, -0.25) is 0 Å². The molecule has 2 rings (SSSR count). The lowest BCUT2D eigenvalue weighted by Crippen LogP contribution is -2.40. The Morgan fingerprint density at radius 2 is 1.70 bits per heavy atom. The van der Waals surface area contributed by atoms with Crippen molar-refractivity contribution in [2.24, 2.45) is 10.8 Å². The lowest BCUT2D eigenvalue weighted by Gasteiger charge is -2.47. The van der Waals surface area contributed by atoms with Crippen molar-refractivity contribution in [3.63, 3.8) is 0 Å². The normalized spacial score (nSPS) is 34.4. The monoisotopic (exact) mass is 286 g/mol. The molecule has 0 amide bonds. The third-order valence-electron chi connectivity index (χ3n) is 5.94. The highest BCUT2D eigenvalue weighted by molar-refractivity contribution is 6.48. The molecule has 2 atom stereocenters. The van der Waals surface area contributed by atoms with E-state index in [1.54, 1.807) is 16.7 Å². The first-order chi connectivity index (χ1) is 9.24. The smallest absolute Gasteiger partial charge is 0.0536 e. The fourth-order valence-electron chi connectivity index (χ4n) is 4.12. The van der Waals surface area contributed by atoms with Crippen molar-refractivity contribution < 1.29 is 0 Å². The molecule has 0 nitrogen and oxygen atoms in total. The van der Waals surface area contributed by atoms with Crippen LogP contribution in [0.5, 0.6) is 0 Å². The van der Waals surface area contributed by atoms with Crippen LogP contribution in [0, 0.1) is 10.8 Å². The van der Waals surface area contributed by atoms with Crippen LogP contribution in [0.25, 0.3) is 0 Å². The van der Waals surface area contributed by atoms with Gasteiger partial charge in [-0.1, -0.05) is 73.9 Å². The maximum atomic E-state index is 2.51. The molecule has 2 unspecified atom stereocenters. The Balaban J connectivity index is 2.56. The van der Waals surface area contributed by atoms with E-state index in [0.717, 1.165) is 12.0 Å². The molecule has 0 aliphatic heterocycles. The summed E-state index contributed by atoms with van der Waals surface area (Å²) in [5.74, 6) is 0. The Morgan fingerprint density at radius 1 is 1.05 bits per heavy atom. The van der Waals surface area contributed by atoms with Crippen molar-refractivity contribution in [2.45, 2.75) is 60.4 Å². The first-order valence-corrected chi connectivity index (χ1v) is 9.49. The van der Waals surface area contributed by atoms with Crippen molar-refractivity contribution >= 4 is 9.52 Å². The number of rotatable bonds is 3. The molecular weight excluding hydrogens is 256 g/mol. The summed E-state index contributed by atoms with van der Waals surface area (Å²) >= 11 is 0. The van der Waals surface area contributed by atoms with Crippen LogP contribution in [0.2, 0.25) is 5.54 Å². The largest absolute Gasteiger partial charge is 0.0837 e. The minimum Gasteiger partial charge on any atom is -0.0837 e. The van der Waals surface area contributed by atoms with E-state index in [-0.39, 0.29) is 20.3 Å². The average Bonchev–Trinajstić information content (AvgIpc) is 2.56. The maximum Gasteiger partial charge on any atom is 0.0536 e. The van der Waals surface area contributed by atoms with Crippen LogP contribution in [-0.2, 0) is 0 Å². The van der Waals surface area contributed by atoms with Gasteiger partial charge in [-0.2, -0.15) is 0 Å². The molecule has 0 saturated heterocycles. The van der Waals surface area contributed by atoms with Gasteiger partial charge in [0.05, 0.1) is 9.52 Å². The fourth-order valence-corrected chi connectivity index (χ4v) is 6.59. The summed E-state index contributed by atoms with van der Waals surface area (Å²) in [7, 11) is -0.195. The van der Waals surface area contributed by atoms with Gasteiger partial charge < -0.3 is 0 Å². The van der Waals surface area contributed by atoms with E-state index in [2.05, 4.69) is 72.8 Å². The van der Waals surface area contributed by atoms with E-state index in [9.17, 15) is 0 Å². The zero-order valence-corrected chi connectivity index (χ0v) is 15.7. The maximum absolute atomic E-state index is 2.51. The van der Waals surface area contributed by atoms with Crippen LogP contribution in [0.3, 0.4) is 0 Å². The molecule has 0 bridgehead atoms. The summed E-state index contributed by atoms with van der Waals surface area (Å²) in [4.78, 5) is 0. The summed E-state index contributed by atoms with van der Waals surface area (Å²) in [6, 6.07) is 0. The van der Waals surface area contributed by atoms with E-state index >= 15 is 0 Å². The van der Waals surface area contributed by atoms with E-state index in [1.807, 2.05) is 5.20 Å². The van der Waals surface area contributed by atoms with Gasteiger partial charge in [0, 0.05) is 10.8 Å². The van der Waals surface area contributed by atoms with E-state index in [4.69, 9.17) is 0 Å². The highest BCUT2D eigenvalue weighted by Gasteiger charge is 2.49. The fraction of sp³-hybridized carbons (Fsp3) is 0.579. The lowest BCUT2D eigenvalue weighted by molar-refractivity contribution is 0.223. The summed E-state index contributed by atoms with van der Waals surface area (Å²) in [5.41, 5.74) is 6.10. The molecule has 0 saturated carbocycles. The number of hydrogen-bond donors (Lipinski definition) is 0. The van der Waals surface area contributed by atoms with Crippen LogP contribution in [0.15, 0.2) is 46.2 Å². The van der Waals surface area contributed by atoms with Crippen molar-refractivity contribution in [1.82, 2.24) is 0 Å². The standard InChI is InChI=1S/C19H30Si/c1-13(2)20-17-15(4)14(3)16(5)19(17,7)18(6)11-9-8-10-12-18/h8-11,13H,12,20H2,1-7H3. The van der Waals surface area contributed by atoms with Gasteiger partial charge in [-0.05, 0) is 32.8 Å². The minimum absolute atomic E-state index is 0.195. The van der Waals surface area contributed by atoms with Gasteiger partial charge in [-0.15, -0.1) is 0 Å². The van der Waals surface area contributed by atoms with E-state index in [1.165, 1.54) is 0 Å². The van der Waals surface area contributed by atoms with Gasteiger partial charge in [0.15, 0.2) is 0 Å². The molecule has 20 heavy (non-hydrogen) atoms. The molecule has 1 heteroatoms. The highest BCUT2D eigenvalue weighted by Crippen LogP contribution is 2.59. The third kappa shape index (κ3) is 2.11. The Hall–Kier alpha value is -0.823. The average molecular weight is 287 g/mol. The summed E-state index contributed by atoms with van der Waals surface area (Å²) in [6.07, 6.45) is 10.4. The Kier molecular flexibility index (Phi) is 4.03. The molecule has 0 heterocycles. The van der Waals surface area contributed by atoms with Gasteiger partial charge >= 0.3 is 0 Å². The molecular formula is C19H30Si. The van der Waals surface area contributed by atoms with Gasteiger partial charge in [0.1, 0.15) is 0 Å².